The minimum Gasteiger partial charge on any atom is -0.394 e. The molecule has 0 saturated carbocycles. The SMILES string of the molecule is CNc1ccc(Nc2ncnc3c2cnn3CCO)cn1. The molecule has 3 rings (SSSR count). The second-order valence-electron chi connectivity index (χ2n) is 4.36. The van der Waals surface area contributed by atoms with Crippen molar-refractivity contribution in [1.82, 2.24) is 24.7 Å². The third-order valence-electron chi connectivity index (χ3n) is 3.03. The van der Waals surface area contributed by atoms with Gasteiger partial charge in [-0.25, -0.2) is 19.6 Å². The molecule has 8 heteroatoms. The van der Waals surface area contributed by atoms with Crippen molar-refractivity contribution in [2.75, 3.05) is 24.3 Å². The second-order valence-corrected chi connectivity index (χ2v) is 4.36. The van der Waals surface area contributed by atoms with Crippen LogP contribution >= 0.6 is 0 Å². The molecule has 0 aliphatic carbocycles. The highest BCUT2D eigenvalue weighted by atomic mass is 16.3. The molecular weight excluding hydrogens is 270 g/mol. The fraction of sp³-hybridized carbons (Fsp3) is 0.231. The molecule has 0 aromatic carbocycles. The van der Waals surface area contributed by atoms with E-state index in [4.69, 9.17) is 5.11 Å². The Morgan fingerprint density at radius 2 is 2.10 bits per heavy atom. The predicted molar refractivity (Wildman–Crippen MR) is 79.5 cm³/mol. The molecule has 0 radical (unpaired) electrons. The zero-order valence-corrected chi connectivity index (χ0v) is 11.5. The number of rotatable bonds is 5. The van der Waals surface area contributed by atoms with Gasteiger partial charge in [-0.3, -0.25) is 0 Å². The van der Waals surface area contributed by atoms with Crippen molar-refractivity contribution in [3.63, 3.8) is 0 Å². The topological polar surface area (TPSA) is 101 Å². The fourth-order valence-corrected chi connectivity index (χ4v) is 2.00. The van der Waals surface area contributed by atoms with E-state index in [0.717, 1.165) is 16.9 Å². The van der Waals surface area contributed by atoms with E-state index in [9.17, 15) is 0 Å². The Morgan fingerprint density at radius 3 is 2.81 bits per heavy atom. The molecule has 0 bridgehead atoms. The maximum absolute atomic E-state index is 9.02. The molecule has 3 N–H and O–H groups in total. The fourth-order valence-electron chi connectivity index (χ4n) is 2.00. The Bertz CT molecular complexity index is 738. The van der Waals surface area contributed by atoms with Crippen LogP contribution in [-0.4, -0.2) is 43.5 Å². The molecule has 3 heterocycles. The first-order valence-corrected chi connectivity index (χ1v) is 6.50. The van der Waals surface area contributed by atoms with E-state index in [1.807, 2.05) is 19.2 Å². The quantitative estimate of drug-likeness (QED) is 0.643. The molecule has 0 aliphatic rings. The van der Waals surface area contributed by atoms with Gasteiger partial charge in [0.15, 0.2) is 5.65 Å². The van der Waals surface area contributed by atoms with E-state index in [-0.39, 0.29) is 6.61 Å². The zero-order valence-electron chi connectivity index (χ0n) is 11.5. The molecule has 3 aromatic heterocycles. The van der Waals surface area contributed by atoms with Gasteiger partial charge >= 0.3 is 0 Å². The van der Waals surface area contributed by atoms with Crippen LogP contribution in [0.2, 0.25) is 0 Å². The van der Waals surface area contributed by atoms with Gasteiger partial charge in [0.1, 0.15) is 18.0 Å². The Balaban J connectivity index is 1.92. The lowest BCUT2D eigenvalue weighted by Crippen LogP contribution is -2.05. The number of hydrogen-bond donors (Lipinski definition) is 3. The zero-order chi connectivity index (χ0) is 14.7. The van der Waals surface area contributed by atoms with Crippen LogP contribution in [0.15, 0.2) is 30.9 Å². The summed E-state index contributed by atoms with van der Waals surface area (Å²) in [5, 5.41) is 20.2. The molecule has 0 aliphatic heterocycles. The van der Waals surface area contributed by atoms with Gasteiger partial charge in [-0.05, 0) is 12.1 Å². The number of pyridine rings is 1. The summed E-state index contributed by atoms with van der Waals surface area (Å²) in [6, 6.07) is 3.78. The summed E-state index contributed by atoms with van der Waals surface area (Å²) >= 11 is 0. The van der Waals surface area contributed by atoms with E-state index >= 15 is 0 Å². The number of anilines is 3. The third-order valence-corrected chi connectivity index (χ3v) is 3.03. The second kappa shape index (κ2) is 5.71. The summed E-state index contributed by atoms with van der Waals surface area (Å²) in [6.45, 7) is 0.414. The number of aliphatic hydroxyl groups excluding tert-OH is 1. The molecule has 108 valence electrons. The summed E-state index contributed by atoms with van der Waals surface area (Å²) in [4.78, 5) is 12.7. The van der Waals surface area contributed by atoms with Crippen molar-refractivity contribution in [3.8, 4) is 0 Å². The molecule has 0 spiro atoms. The number of aliphatic hydroxyl groups is 1. The van der Waals surface area contributed by atoms with Crippen molar-refractivity contribution < 1.29 is 5.11 Å². The van der Waals surface area contributed by atoms with Crippen molar-refractivity contribution in [2.24, 2.45) is 0 Å². The van der Waals surface area contributed by atoms with E-state index in [1.54, 1.807) is 17.1 Å². The van der Waals surface area contributed by atoms with Crippen LogP contribution in [0.25, 0.3) is 11.0 Å². The number of fused-ring (bicyclic) bond motifs is 1. The monoisotopic (exact) mass is 285 g/mol. The molecule has 3 aromatic rings. The Morgan fingerprint density at radius 1 is 1.19 bits per heavy atom. The molecule has 8 nitrogen and oxygen atoms in total. The predicted octanol–water partition coefficient (Wildman–Crippen LogP) is 0.999. The van der Waals surface area contributed by atoms with Gasteiger partial charge in [0.2, 0.25) is 0 Å². The van der Waals surface area contributed by atoms with Crippen LogP contribution in [0.1, 0.15) is 0 Å². The highest BCUT2D eigenvalue weighted by Crippen LogP contribution is 2.22. The van der Waals surface area contributed by atoms with Crippen LogP contribution < -0.4 is 10.6 Å². The standard InChI is InChI=1S/C13H15N7O/c1-14-11-3-2-9(6-15-11)19-12-10-7-18-20(4-5-21)13(10)17-8-16-12/h2-3,6-8,21H,4-5H2,1H3,(H,14,15)(H,16,17,19). The summed E-state index contributed by atoms with van der Waals surface area (Å²) in [6.07, 6.45) is 4.87. The van der Waals surface area contributed by atoms with Crippen LogP contribution in [0.5, 0.6) is 0 Å². The first-order chi connectivity index (χ1) is 10.3. The summed E-state index contributed by atoms with van der Waals surface area (Å²) in [7, 11) is 1.82. The van der Waals surface area contributed by atoms with Crippen LogP contribution in [0, 0.1) is 0 Å². The smallest absolute Gasteiger partial charge is 0.163 e. The first-order valence-electron chi connectivity index (χ1n) is 6.50. The lowest BCUT2D eigenvalue weighted by molar-refractivity contribution is 0.271. The highest BCUT2D eigenvalue weighted by Gasteiger charge is 2.09. The number of hydrogen-bond acceptors (Lipinski definition) is 7. The number of nitrogens with zero attached hydrogens (tertiary/aromatic N) is 5. The minimum atomic E-state index is 0.0128. The average Bonchev–Trinajstić information content (AvgIpc) is 2.93. The lowest BCUT2D eigenvalue weighted by atomic mass is 10.3. The number of aromatic nitrogens is 5. The molecular formula is C13H15N7O. The maximum Gasteiger partial charge on any atom is 0.163 e. The van der Waals surface area contributed by atoms with Crippen molar-refractivity contribution in [3.05, 3.63) is 30.9 Å². The molecule has 0 amide bonds. The Kier molecular flexibility index (Phi) is 3.61. The normalized spacial score (nSPS) is 10.8. The van der Waals surface area contributed by atoms with Crippen molar-refractivity contribution in [2.45, 2.75) is 6.54 Å². The van der Waals surface area contributed by atoms with Gasteiger partial charge in [0.05, 0.1) is 36.6 Å². The van der Waals surface area contributed by atoms with Crippen molar-refractivity contribution in [1.29, 1.82) is 0 Å². The average molecular weight is 285 g/mol. The van der Waals surface area contributed by atoms with Gasteiger partial charge < -0.3 is 15.7 Å². The summed E-state index contributed by atoms with van der Waals surface area (Å²) in [5.74, 6) is 1.45. The number of nitrogens with one attached hydrogen (secondary N) is 2. The molecule has 0 unspecified atom stereocenters. The highest BCUT2D eigenvalue weighted by molar-refractivity contribution is 5.88. The molecule has 0 saturated heterocycles. The van der Waals surface area contributed by atoms with E-state index in [0.29, 0.717) is 18.0 Å². The lowest BCUT2D eigenvalue weighted by Gasteiger charge is -2.07. The Hall–Kier alpha value is -2.74. The van der Waals surface area contributed by atoms with Gasteiger partial charge in [0, 0.05) is 7.05 Å². The van der Waals surface area contributed by atoms with Crippen molar-refractivity contribution >= 4 is 28.4 Å². The summed E-state index contributed by atoms with van der Waals surface area (Å²) < 4.78 is 1.64. The Labute approximate surface area is 120 Å². The molecule has 21 heavy (non-hydrogen) atoms. The minimum absolute atomic E-state index is 0.0128. The maximum atomic E-state index is 9.02. The van der Waals surface area contributed by atoms with Gasteiger partial charge in [-0.2, -0.15) is 5.10 Å². The van der Waals surface area contributed by atoms with E-state index in [1.165, 1.54) is 6.33 Å². The van der Waals surface area contributed by atoms with E-state index in [2.05, 4.69) is 30.7 Å². The summed E-state index contributed by atoms with van der Waals surface area (Å²) in [5.41, 5.74) is 1.50. The third kappa shape index (κ3) is 2.61. The molecule has 0 fully saturated rings. The van der Waals surface area contributed by atoms with Crippen LogP contribution in [0.4, 0.5) is 17.3 Å². The largest absolute Gasteiger partial charge is 0.394 e. The first kappa shape index (κ1) is 13.3. The van der Waals surface area contributed by atoms with Crippen LogP contribution in [-0.2, 0) is 6.54 Å². The van der Waals surface area contributed by atoms with Crippen LogP contribution in [0.3, 0.4) is 0 Å². The van der Waals surface area contributed by atoms with Gasteiger partial charge in [-0.15, -0.1) is 0 Å². The van der Waals surface area contributed by atoms with E-state index < -0.39 is 0 Å². The van der Waals surface area contributed by atoms with Gasteiger partial charge in [-0.1, -0.05) is 0 Å². The molecule has 0 atom stereocenters. The van der Waals surface area contributed by atoms with Gasteiger partial charge in [0.25, 0.3) is 0 Å².